The van der Waals surface area contributed by atoms with E-state index in [0.717, 1.165) is 37.3 Å². The number of rotatable bonds is 4. The summed E-state index contributed by atoms with van der Waals surface area (Å²) in [5.41, 5.74) is -0.249. The molecule has 0 aromatic carbocycles. The van der Waals surface area contributed by atoms with Crippen molar-refractivity contribution in [3.05, 3.63) is 12.4 Å². The van der Waals surface area contributed by atoms with Gasteiger partial charge in [-0.05, 0) is 31.1 Å². The van der Waals surface area contributed by atoms with Crippen molar-refractivity contribution >= 4 is 11.6 Å². The highest BCUT2D eigenvalue weighted by Gasteiger charge is 2.36. The van der Waals surface area contributed by atoms with Gasteiger partial charge in [0.25, 0.3) is 0 Å². The van der Waals surface area contributed by atoms with E-state index < -0.39 is 5.60 Å². The van der Waals surface area contributed by atoms with Crippen molar-refractivity contribution in [2.75, 3.05) is 24.2 Å². The van der Waals surface area contributed by atoms with Crippen LogP contribution >= 0.6 is 0 Å². The number of anilines is 2. The molecular formula is C14H24N4O. The molecule has 0 radical (unpaired) electrons. The summed E-state index contributed by atoms with van der Waals surface area (Å²) in [6.45, 7) is 5.08. The Bertz CT molecular complexity index is 423. The largest absolute Gasteiger partial charge is 0.388 e. The van der Waals surface area contributed by atoms with E-state index in [-0.39, 0.29) is 0 Å². The van der Waals surface area contributed by atoms with E-state index in [4.69, 9.17) is 0 Å². The second kappa shape index (κ2) is 5.33. The van der Waals surface area contributed by atoms with E-state index in [1.807, 2.05) is 13.1 Å². The summed E-state index contributed by atoms with van der Waals surface area (Å²) >= 11 is 0. The standard InChI is InChI=1S/C14H24N4O/c1-13(2)4-6-14(19,7-5-13)9-16-12-8-11(15-3)17-10-18-12/h8,10,19H,4-7,9H2,1-3H3,(H2,15,16,17,18). The molecule has 0 unspecified atom stereocenters. The minimum Gasteiger partial charge on any atom is -0.388 e. The van der Waals surface area contributed by atoms with E-state index in [0.29, 0.717) is 12.0 Å². The summed E-state index contributed by atoms with van der Waals surface area (Å²) in [6, 6.07) is 1.84. The van der Waals surface area contributed by atoms with Crippen LogP contribution in [0.15, 0.2) is 12.4 Å². The molecular weight excluding hydrogens is 240 g/mol. The predicted molar refractivity (Wildman–Crippen MR) is 77.3 cm³/mol. The summed E-state index contributed by atoms with van der Waals surface area (Å²) in [6.07, 6.45) is 5.34. The molecule has 1 aromatic rings. The average molecular weight is 264 g/mol. The van der Waals surface area contributed by atoms with Crippen LogP contribution in [-0.2, 0) is 0 Å². The highest BCUT2D eigenvalue weighted by molar-refractivity contribution is 5.46. The SMILES string of the molecule is CNc1cc(NCC2(O)CCC(C)(C)CC2)ncn1. The van der Waals surface area contributed by atoms with Crippen LogP contribution in [0, 0.1) is 5.41 Å². The Morgan fingerprint density at radius 1 is 1.16 bits per heavy atom. The highest BCUT2D eigenvalue weighted by Crippen LogP contribution is 2.40. The second-order valence-corrected chi connectivity index (χ2v) is 6.28. The summed E-state index contributed by atoms with van der Waals surface area (Å²) in [5.74, 6) is 1.52. The van der Waals surface area contributed by atoms with Gasteiger partial charge in [-0.1, -0.05) is 13.8 Å². The van der Waals surface area contributed by atoms with Gasteiger partial charge in [-0.25, -0.2) is 9.97 Å². The van der Waals surface area contributed by atoms with Gasteiger partial charge in [0.2, 0.25) is 0 Å². The van der Waals surface area contributed by atoms with Gasteiger partial charge in [-0.15, -0.1) is 0 Å². The number of nitrogens with zero attached hydrogens (tertiary/aromatic N) is 2. The van der Waals surface area contributed by atoms with E-state index in [2.05, 4.69) is 34.4 Å². The number of hydrogen-bond acceptors (Lipinski definition) is 5. The third-order valence-corrected chi connectivity index (χ3v) is 4.06. The van der Waals surface area contributed by atoms with Gasteiger partial charge in [0.1, 0.15) is 18.0 Å². The lowest BCUT2D eigenvalue weighted by Gasteiger charge is -2.40. The summed E-state index contributed by atoms with van der Waals surface area (Å²) in [7, 11) is 1.82. The second-order valence-electron chi connectivity index (χ2n) is 6.28. The first kappa shape index (κ1) is 14.1. The normalized spacial score (nSPS) is 20.8. The van der Waals surface area contributed by atoms with Crippen molar-refractivity contribution in [3.63, 3.8) is 0 Å². The molecule has 2 rings (SSSR count). The van der Waals surface area contributed by atoms with Gasteiger partial charge in [0.15, 0.2) is 0 Å². The lowest BCUT2D eigenvalue weighted by atomic mass is 9.71. The third-order valence-electron chi connectivity index (χ3n) is 4.06. The first-order valence-corrected chi connectivity index (χ1v) is 6.89. The van der Waals surface area contributed by atoms with Gasteiger partial charge in [0, 0.05) is 19.7 Å². The Morgan fingerprint density at radius 2 is 1.79 bits per heavy atom. The molecule has 1 fully saturated rings. The number of aromatic nitrogens is 2. The van der Waals surface area contributed by atoms with E-state index in [9.17, 15) is 5.11 Å². The monoisotopic (exact) mass is 264 g/mol. The molecule has 1 aliphatic carbocycles. The van der Waals surface area contributed by atoms with Gasteiger partial charge in [-0.3, -0.25) is 0 Å². The van der Waals surface area contributed by atoms with Crippen molar-refractivity contribution in [2.24, 2.45) is 5.41 Å². The van der Waals surface area contributed by atoms with Crippen LogP contribution in [-0.4, -0.2) is 34.3 Å². The molecule has 19 heavy (non-hydrogen) atoms. The van der Waals surface area contributed by atoms with Crippen molar-refractivity contribution in [2.45, 2.75) is 45.1 Å². The maximum Gasteiger partial charge on any atom is 0.131 e. The zero-order valence-corrected chi connectivity index (χ0v) is 12.0. The molecule has 0 amide bonds. The first-order valence-electron chi connectivity index (χ1n) is 6.89. The summed E-state index contributed by atoms with van der Waals surface area (Å²) in [4.78, 5) is 8.22. The highest BCUT2D eigenvalue weighted by atomic mass is 16.3. The molecule has 1 aromatic heterocycles. The Kier molecular flexibility index (Phi) is 3.94. The molecule has 0 aliphatic heterocycles. The fourth-order valence-electron chi connectivity index (χ4n) is 2.41. The molecule has 1 heterocycles. The maximum atomic E-state index is 10.6. The van der Waals surface area contributed by atoms with Gasteiger partial charge in [-0.2, -0.15) is 0 Å². The van der Waals surface area contributed by atoms with Crippen LogP contribution in [0.2, 0.25) is 0 Å². The summed E-state index contributed by atoms with van der Waals surface area (Å²) < 4.78 is 0. The molecule has 106 valence electrons. The van der Waals surface area contributed by atoms with Crippen molar-refractivity contribution < 1.29 is 5.11 Å². The number of nitrogens with one attached hydrogen (secondary N) is 2. The van der Waals surface area contributed by atoms with Crippen LogP contribution in [0.1, 0.15) is 39.5 Å². The Balaban J connectivity index is 1.91. The molecule has 5 nitrogen and oxygen atoms in total. The van der Waals surface area contributed by atoms with Gasteiger partial charge >= 0.3 is 0 Å². The van der Waals surface area contributed by atoms with Gasteiger partial charge in [0.05, 0.1) is 5.60 Å². The molecule has 0 atom stereocenters. The van der Waals surface area contributed by atoms with Crippen molar-refractivity contribution in [1.82, 2.24) is 9.97 Å². The lowest BCUT2D eigenvalue weighted by Crippen LogP contribution is -2.42. The average Bonchev–Trinajstić information content (AvgIpc) is 2.41. The van der Waals surface area contributed by atoms with Crippen LogP contribution < -0.4 is 10.6 Å². The smallest absolute Gasteiger partial charge is 0.131 e. The van der Waals surface area contributed by atoms with E-state index in [1.165, 1.54) is 6.33 Å². The molecule has 5 heteroatoms. The number of hydrogen-bond donors (Lipinski definition) is 3. The molecule has 1 aliphatic rings. The van der Waals surface area contributed by atoms with Crippen LogP contribution in [0.3, 0.4) is 0 Å². The summed E-state index contributed by atoms with van der Waals surface area (Å²) in [5, 5.41) is 16.8. The number of aliphatic hydroxyl groups is 1. The Labute approximate surface area is 114 Å². The minimum absolute atomic E-state index is 0.362. The van der Waals surface area contributed by atoms with Crippen molar-refractivity contribution in [1.29, 1.82) is 0 Å². The molecule has 0 bridgehead atoms. The van der Waals surface area contributed by atoms with E-state index in [1.54, 1.807) is 0 Å². The molecule has 1 saturated carbocycles. The zero-order chi connectivity index (χ0) is 13.9. The van der Waals surface area contributed by atoms with Crippen LogP contribution in [0.4, 0.5) is 11.6 Å². The topological polar surface area (TPSA) is 70.1 Å². The van der Waals surface area contributed by atoms with Gasteiger partial charge < -0.3 is 15.7 Å². The fraction of sp³-hybridized carbons (Fsp3) is 0.714. The third kappa shape index (κ3) is 3.80. The molecule has 3 N–H and O–H groups in total. The van der Waals surface area contributed by atoms with Crippen molar-refractivity contribution in [3.8, 4) is 0 Å². The van der Waals surface area contributed by atoms with E-state index >= 15 is 0 Å². The maximum absolute atomic E-state index is 10.6. The fourth-order valence-corrected chi connectivity index (χ4v) is 2.41. The minimum atomic E-state index is -0.611. The zero-order valence-electron chi connectivity index (χ0n) is 12.0. The van der Waals surface area contributed by atoms with Crippen LogP contribution in [0.25, 0.3) is 0 Å². The Hall–Kier alpha value is -1.36. The predicted octanol–water partition coefficient (Wildman–Crippen LogP) is 2.26. The van der Waals surface area contributed by atoms with Crippen LogP contribution in [0.5, 0.6) is 0 Å². The molecule has 0 saturated heterocycles. The first-order chi connectivity index (χ1) is 8.92. The molecule has 0 spiro atoms. The Morgan fingerprint density at radius 3 is 2.42 bits per heavy atom. The quantitative estimate of drug-likeness (QED) is 0.778. The lowest BCUT2D eigenvalue weighted by molar-refractivity contribution is -0.0145.